The number of rotatable bonds is 1. The minimum Gasteiger partial charge on any atom is -0.354 e. The van der Waals surface area contributed by atoms with Crippen molar-refractivity contribution in [3.05, 3.63) is 36.4 Å². The number of carbonyl (C=O) groups is 1. The second-order valence-electron chi connectivity index (χ2n) is 2.87. The van der Waals surface area contributed by atoms with Crippen LogP contribution >= 0.6 is 0 Å². The number of hydrogen-bond donors (Lipinski definition) is 1. The summed E-state index contributed by atoms with van der Waals surface area (Å²) >= 11 is 0. The molecule has 2 rings (SSSR count). The molecular weight excluding hydrogens is 178 g/mol. The average molecular weight is 187 g/mol. The van der Waals surface area contributed by atoms with Gasteiger partial charge in [0.2, 0.25) is 0 Å². The zero-order valence-corrected chi connectivity index (χ0v) is 7.69. The van der Waals surface area contributed by atoms with E-state index in [-0.39, 0.29) is 5.91 Å². The number of amides is 1. The molecule has 0 radical (unpaired) electrons. The number of carbonyl (C=O) groups excluding carboxylic acids is 1. The fraction of sp³-hybridized carbons (Fsp3) is 0.100. The van der Waals surface area contributed by atoms with Crippen molar-refractivity contribution >= 4 is 16.7 Å². The first-order chi connectivity index (χ1) is 6.81. The van der Waals surface area contributed by atoms with Gasteiger partial charge >= 0.3 is 0 Å². The van der Waals surface area contributed by atoms with E-state index in [1.54, 1.807) is 31.7 Å². The topological polar surface area (TPSA) is 54.9 Å². The van der Waals surface area contributed by atoms with E-state index in [1.165, 1.54) is 0 Å². The van der Waals surface area contributed by atoms with Crippen LogP contribution in [0.2, 0.25) is 0 Å². The lowest BCUT2D eigenvalue weighted by Crippen LogP contribution is -2.18. The maximum atomic E-state index is 11.3. The molecule has 4 heteroatoms. The number of pyridine rings is 2. The molecule has 0 saturated carbocycles. The molecule has 0 aromatic carbocycles. The molecule has 4 nitrogen and oxygen atoms in total. The normalized spacial score (nSPS) is 10.1. The first kappa shape index (κ1) is 8.62. The second kappa shape index (κ2) is 3.41. The molecule has 1 N–H and O–H groups in total. The van der Waals surface area contributed by atoms with E-state index < -0.39 is 0 Å². The molecule has 0 unspecified atom stereocenters. The Morgan fingerprint density at radius 1 is 1.36 bits per heavy atom. The lowest BCUT2D eigenvalue weighted by Gasteiger charge is -2.00. The van der Waals surface area contributed by atoms with Gasteiger partial charge in [-0.25, -0.2) is 0 Å². The van der Waals surface area contributed by atoms with Gasteiger partial charge in [0.1, 0.15) is 5.69 Å². The maximum Gasteiger partial charge on any atom is 0.269 e. The summed E-state index contributed by atoms with van der Waals surface area (Å²) in [4.78, 5) is 19.3. The zero-order valence-electron chi connectivity index (χ0n) is 7.69. The number of hydrogen-bond acceptors (Lipinski definition) is 3. The summed E-state index contributed by atoms with van der Waals surface area (Å²) in [7, 11) is 1.58. The van der Waals surface area contributed by atoms with Gasteiger partial charge in [0.15, 0.2) is 0 Å². The van der Waals surface area contributed by atoms with Crippen molar-refractivity contribution in [3.63, 3.8) is 0 Å². The summed E-state index contributed by atoms with van der Waals surface area (Å²) in [5, 5.41) is 4.43. The van der Waals surface area contributed by atoms with Crippen molar-refractivity contribution in [2.24, 2.45) is 0 Å². The average Bonchev–Trinajstić information content (AvgIpc) is 2.27. The van der Waals surface area contributed by atoms with Crippen LogP contribution in [0, 0.1) is 0 Å². The van der Waals surface area contributed by atoms with Gasteiger partial charge in [0.25, 0.3) is 5.91 Å². The molecule has 2 heterocycles. The quantitative estimate of drug-likeness (QED) is 0.724. The van der Waals surface area contributed by atoms with Crippen LogP contribution in [0.25, 0.3) is 10.8 Å². The number of fused-ring (bicyclic) bond motifs is 1. The highest BCUT2D eigenvalue weighted by atomic mass is 16.1. The van der Waals surface area contributed by atoms with Crippen LogP contribution in [0.5, 0.6) is 0 Å². The number of aromatic nitrogens is 2. The Labute approximate surface area is 81.0 Å². The molecule has 1 amide bonds. The van der Waals surface area contributed by atoms with Gasteiger partial charge in [-0.2, -0.15) is 0 Å². The summed E-state index contributed by atoms with van der Waals surface area (Å²) in [5.41, 5.74) is 0.422. The molecule has 2 aromatic rings. The molecule has 14 heavy (non-hydrogen) atoms. The van der Waals surface area contributed by atoms with Crippen LogP contribution in [0.3, 0.4) is 0 Å². The largest absolute Gasteiger partial charge is 0.354 e. The van der Waals surface area contributed by atoms with Crippen LogP contribution in [-0.4, -0.2) is 22.9 Å². The molecule has 2 aromatic heterocycles. The maximum absolute atomic E-state index is 11.3. The van der Waals surface area contributed by atoms with E-state index in [0.29, 0.717) is 5.69 Å². The van der Waals surface area contributed by atoms with E-state index in [4.69, 9.17) is 0 Å². The molecule has 0 atom stereocenters. The number of nitrogens with one attached hydrogen (secondary N) is 1. The Kier molecular flexibility index (Phi) is 2.10. The number of nitrogens with zero attached hydrogens (tertiary/aromatic N) is 2. The fourth-order valence-electron chi connectivity index (χ4n) is 1.23. The van der Waals surface area contributed by atoms with Gasteiger partial charge < -0.3 is 5.32 Å². The van der Waals surface area contributed by atoms with Gasteiger partial charge in [-0.1, -0.05) is 0 Å². The summed E-state index contributed by atoms with van der Waals surface area (Å²) in [5.74, 6) is -0.177. The van der Waals surface area contributed by atoms with Crippen molar-refractivity contribution in [1.29, 1.82) is 0 Å². The van der Waals surface area contributed by atoms with Gasteiger partial charge in [0, 0.05) is 31.0 Å². The third kappa shape index (κ3) is 1.42. The highest BCUT2D eigenvalue weighted by molar-refractivity contribution is 5.95. The van der Waals surface area contributed by atoms with Crippen molar-refractivity contribution in [3.8, 4) is 0 Å². The van der Waals surface area contributed by atoms with Crippen molar-refractivity contribution < 1.29 is 4.79 Å². The monoisotopic (exact) mass is 187 g/mol. The van der Waals surface area contributed by atoms with E-state index in [2.05, 4.69) is 15.3 Å². The zero-order chi connectivity index (χ0) is 9.97. The predicted octanol–water partition coefficient (Wildman–Crippen LogP) is 0.989. The molecule has 0 bridgehead atoms. The highest BCUT2D eigenvalue weighted by Crippen LogP contribution is 2.11. The Morgan fingerprint density at radius 2 is 2.21 bits per heavy atom. The third-order valence-corrected chi connectivity index (χ3v) is 1.98. The van der Waals surface area contributed by atoms with Crippen LogP contribution in [0.4, 0.5) is 0 Å². The Morgan fingerprint density at radius 3 is 3.00 bits per heavy atom. The van der Waals surface area contributed by atoms with Crippen LogP contribution in [-0.2, 0) is 0 Å². The van der Waals surface area contributed by atoms with E-state index in [1.807, 2.05) is 6.07 Å². The van der Waals surface area contributed by atoms with Crippen LogP contribution in [0.15, 0.2) is 30.7 Å². The first-order valence-electron chi connectivity index (χ1n) is 4.23. The van der Waals surface area contributed by atoms with Crippen molar-refractivity contribution in [2.75, 3.05) is 7.05 Å². The minimum absolute atomic E-state index is 0.177. The van der Waals surface area contributed by atoms with Gasteiger partial charge in [-0.05, 0) is 17.5 Å². The van der Waals surface area contributed by atoms with Crippen molar-refractivity contribution in [1.82, 2.24) is 15.3 Å². The standard InChI is InChI=1S/C10H9N3O/c1-11-10(14)9-4-7-2-3-12-5-8(7)6-13-9/h2-6H,1H3,(H,11,14). The summed E-state index contributed by atoms with van der Waals surface area (Å²) in [6.07, 6.45) is 5.05. The Bertz CT molecular complexity index is 482. The third-order valence-electron chi connectivity index (χ3n) is 1.98. The summed E-state index contributed by atoms with van der Waals surface area (Å²) < 4.78 is 0. The minimum atomic E-state index is -0.177. The molecule has 0 aliphatic carbocycles. The summed E-state index contributed by atoms with van der Waals surface area (Å²) in [6.45, 7) is 0. The molecule has 0 aliphatic heterocycles. The molecule has 70 valence electrons. The van der Waals surface area contributed by atoms with E-state index in [9.17, 15) is 4.79 Å². The molecule has 0 aliphatic rings. The van der Waals surface area contributed by atoms with Crippen LogP contribution in [0.1, 0.15) is 10.5 Å². The lowest BCUT2D eigenvalue weighted by atomic mass is 10.2. The lowest BCUT2D eigenvalue weighted by molar-refractivity contribution is 0.0958. The molecular formula is C10H9N3O. The first-order valence-corrected chi connectivity index (χ1v) is 4.23. The molecule has 0 saturated heterocycles. The van der Waals surface area contributed by atoms with Crippen molar-refractivity contribution in [2.45, 2.75) is 0 Å². The van der Waals surface area contributed by atoms with Crippen LogP contribution < -0.4 is 5.32 Å². The molecule has 0 spiro atoms. The Hall–Kier alpha value is -1.97. The smallest absolute Gasteiger partial charge is 0.269 e. The van der Waals surface area contributed by atoms with Gasteiger partial charge in [-0.15, -0.1) is 0 Å². The van der Waals surface area contributed by atoms with E-state index >= 15 is 0 Å². The van der Waals surface area contributed by atoms with E-state index in [0.717, 1.165) is 10.8 Å². The second-order valence-corrected chi connectivity index (χ2v) is 2.87. The predicted molar refractivity (Wildman–Crippen MR) is 52.9 cm³/mol. The van der Waals surface area contributed by atoms with Gasteiger partial charge in [0.05, 0.1) is 0 Å². The Balaban J connectivity index is 2.56. The summed E-state index contributed by atoms with van der Waals surface area (Å²) in [6, 6.07) is 3.60. The molecule has 0 fully saturated rings. The highest BCUT2D eigenvalue weighted by Gasteiger charge is 2.04. The fourth-order valence-corrected chi connectivity index (χ4v) is 1.23. The SMILES string of the molecule is CNC(=O)c1cc2ccncc2cn1. The van der Waals surface area contributed by atoms with Gasteiger partial charge in [-0.3, -0.25) is 14.8 Å².